The highest BCUT2D eigenvalue weighted by Gasteiger charge is 2.54. The fourth-order valence-electron chi connectivity index (χ4n) is 6.01. The molecule has 4 unspecified atom stereocenters. The third-order valence-electron chi connectivity index (χ3n) is 7.72. The molecule has 2 heterocycles. The Balaban J connectivity index is 1.44. The number of aliphatic hydroxyl groups is 2. The third kappa shape index (κ3) is 3.38. The zero-order valence-electron chi connectivity index (χ0n) is 20.6. The van der Waals surface area contributed by atoms with Crippen molar-refractivity contribution in [3.05, 3.63) is 167 Å². The van der Waals surface area contributed by atoms with Gasteiger partial charge >= 0.3 is 0 Å². The van der Waals surface area contributed by atoms with Gasteiger partial charge in [-0.05, 0) is 17.2 Å². The normalized spacial score (nSPS) is 25.2. The van der Waals surface area contributed by atoms with Crippen molar-refractivity contribution >= 4 is 0 Å². The van der Waals surface area contributed by atoms with Crippen molar-refractivity contribution in [3.63, 3.8) is 0 Å². The maximum atomic E-state index is 12.1. The molecule has 0 radical (unpaired) electrons. The number of hydrogen-bond donors (Lipinski definition) is 2. The number of fused-ring (bicyclic) bond motifs is 2. The van der Waals surface area contributed by atoms with Crippen LogP contribution >= 0.6 is 0 Å². The predicted octanol–water partition coefficient (Wildman–Crippen LogP) is 6.43. The Kier molecular flexibility index (Phi) is 5.15. The standard InChI is InChI=1S/C34H26O4/c35-33(25-17-9-3-10-18-25)31(23-13-5-1-6-14-23)27-21-28-30(22-29(27)37-33)38-34(36,26-19-11-4-12-20-26)32(28)24-15-7-2-8-16-24/h1-22,31-32,35-36H. The SMILES string of the molecule is OC1(c2ccccc2)Oc2cc3c(cc2C1c1ccccc1)C(c1ccccc1)C(O)(c1ccccc1)O3. The van der Waals surface area contributed by atoms with Crippen molar-refractivity contribution in [3.8, 4) is 11.5 Å². The lowest BCUT2D eigenvalue weighted by molar-refractivity contribution is -0.143. The molecule has 2 aliphatic rings. The molecule has 2 aliphatic heterocycles. The van der Waals surface area contributed by atoms with E-state index < -0.39 is 23.4 Å². The van der Waals surface area contributed by atoms with Crippen LogP contribution in [-0.2, 0) is 11.6 Å². The minimum Gasteiger partial charge on any atom is -0.457 e. The van der Waals surface area contributed by atoms with Crippen LogP contribution in [-0.4, -0.2) is 10.2 Å². The molecule has 4 nitrogen and oxygen atoms in total. The Morgan fingerprint density at radius 2 is 0.789 bits per heavy atom. The summed E-state index contributed by atoms with van der Waals surface area (Å²) < 4.78 is 12.8. The fraction of sp³-hybridized carbons (Fsp3) is 0.118. The van der Waals surface area contributed by atoms with Crippen LogP contribution in [0.3, 0.4) is 0 Å². The van der Waals surface area contributed by atoms with E-state index in [2.05, 4.69) is 0 Å². The second kappa shape index (κ2) is 8.59. The number of ether oxygens (including phenoxy) is 2. The molecular weight excluding hydrogens is 472 g/mol. The van der Waals surface area contributed by atoms with E-state index in [0.29, 0.717) is 22.6 Å². The van der Waals surface area contributed by atoms with Gasteiger partial charge in [-0.25, -0.2) is 0 Å². The van der Waals surface area contributed by atoms with E-state index in [1.807, 2.05) is 133 Å². The molecular formula is C34H26O4. The second-order valence-electron chi connectivity index (χ2n) is 9.94. The molecule has 0 spiro atoms. The average molecular weight is 499 g/mol. The first-order chi connectivity index (χ1) is 18.6. The molecule has 0 saturated heterocycles. The van der Waals surface area contributed by atoms with Gasteiger partial charge in [0, 0.05) is 28.3 Å². The van der Waals surface area contributed by atoms with E-state index in [9.17, 15) is 10.2 Å². The first-order valence-electron chi connectivity index (χ1n) is 12.8. The van der Waals surface area contributed by atoms with Crippen LogP contribution in [0.2, 0.25) is 0 Å². The van der Waals surface area contributed by atoms with Gasteiger partial charge in [-0.2, -0.15) is 0 Å². The van der Waals surface area contributed by atoms with E-state index in [4.69, 9.17) is 9.47 Å². The van der Waals surface area contributed by atoms with Crippen molar-refractivity contribution < 1.29 is 19.7 Å². The summed E-state index contributed by atoms with van der Waals surface area (Å²) >= 11 is 0. The maximum absolute atomic E-state index is 12.1. The molecule has 0 amide bonds. The van der Waals surface area contributed by atoms with Crippen molar-refractivity contribution in [1.29, 1.82) is 0 Å². The largest absolute Gasteiger partial charge is 0.457 e. The summed E-state index contributed by atoms with van der Waals surface area (Å²) in [5.41, 5.74) is 4.92. The Hall–Kier alpha value is -4.38. The molecule has 4 atom stereocenters. The zero-order valence-corrected chi connectivity index (χ0v) is 20.6. The Morgan fingerprint density at radius 3 is 1.16 bits per heavy atom. The number of benzene rings is 5. The highest BCUT2D eigenvalue weighted by molar-refractivity contribution is 5.61. The molecule has 7 rings (SSSR count). The van der Waals surface area contributed by atoms with Crippen LogP contribution in [0.25, 0.3) is 0 Å². The van der Waals surface area contributed by atoms with Crippen LogP contribution in [0.1, 0.15) is 45.2 Å². The number of rotatable bonds is 4. The molecule has 0 aromatic heterocycles. The van der Waals surface area contributed by atoms with E-state index in [0.717, 1.165) is 22.3 Å². The summed E-state index contributed by atoms with van der Waals surface area (Å²) in [6.07, 6.45) is 0. The highest BCUT2D eigenvalue weighted by atomic mass is 16.6. The topological polar surface area (TPSA) is 58.9 Å². The van der Waals surface area contributed by atoms with Crippen LogP contribution in [0.15, 0.2) is 133 Å². The van der Waals surface area contributed by atoms with Gasteiger partial charge in [-0.1, -0.05) is 121 Å². The molecule has 0 fully saturated rings. The quantitative estimate of drug-likeness (QED) is 0.300. The van der Waals surface area contributed by atoms with Crippen molar-refractivity contribution in [2.24, 2.45) is 0 Å². The zero-order chi connectivity index (χ0) is 25.7. The highest BCUT2D eigenvalue weighted by Crippen LogP contribution is 2.59. The van der Waals surface area contributed by atoms with E-state index in [-0.39, 0.29) is 0 Å². The van der Waals surface area contributed by atoms with E-state index in [1.54, 1.807) is 0 Å². The van der Waals surface area contributed by atoms with Gasteiger partial charge in [-0.15, -0.1) is 0 Å². The lowest BCUT2D eigenvalue weighted by atomic mass is 9.79. The first-order valence-corrected chi connectivity index (χ1v) is 12.8. The third-order valence-corrected chi connectivity index (χ3v) is 7.72. The fourth-order valence-corrected chi connectivity index (χ4v) is 6.01. The van der Waals surface area contributed by atoms with Gasteiger partial charge in [0.1, 0.15) is 11.5 Å². The summed E-state index contributed by atoms with van der Waals surface area (Å²) in [6, 6.07) is 42.7. The summed E-state index contributed by atoms with van der Waals surface area (Å²) in [5, 5.41) is 24.2. The minimum absolute atomic E-state index is 0.478. The van der Waals surface area contributed by atoms with Gasteiger partial charge in [0.05, 0.1) is 11.8 Å². The number of hydrogen-bond acceptors (Lipinski definition) is 4. The minimum atomic E-state index is -1.60. The van der Waals surface area contributed by atoms with Gasteiger partial charge in [0.2, 0.25) is 11.6 Å². The van der Waals surface area contributed by atoms with Crippen LogP contribution < -0.4 is 9.47 Å². The van der Waals surface area contributed by atoms with E-state index >= 15 is 0 Å². The summed E-state index contributed by atoms with van der Waals surface area (Å²) in [7, 11) is 0. The van der Waals surface area contributed by atoms with Gasteiger partial charge in [0.15, 0.2) is 0 Å². The van der Waals surface area contributed by atoms with Gasteiger partial charge in [0.25, 0.3) is 0 Å². The summed E-state index contributed by atoms with van der Waals surface area (Å²) in [4.78, 5) is 0. The lowest BCUT2D eigenvalue weighted by Gasteiger charge is -2.31. The van der Waals surface area contributed by atoms with Crippen molar-refractivity contribution in [1.82, 2.24) is 0 Å². The first kappa shape index (κ1) is 22.8. The van der Waals surface area contributed by atoms with Crippen LogP contribution in [0, 0.1) is 0 Å². The molecule has 2 N–H and O–H groups in total. The monoisotopic (exact) mass is 498 g/mol. The molecule has 186 valence electrons. The lowest BCUT2D eigenvalue weighted by Crippen LogP contribution is -2.36. The molecule has 0 bridgehead atoms. The Bertz CT molecular complexity index is 1470. The van der Waals surface area contributed by atoms with Crippen LogP contribution in [0.4, 0.5) is 0 Å². The average Bonchev–Trinajstić information content (AvgIpc) is 3.43. The van der Waals surface area contributed by atoms with E-state index in [1.165, 1.54) is 0 Å². The predicted molar refractivity (Wildman–Crippen MR) is 145 cm³/mol. The van der Waals surface area contributed by atoms with Crippen LogP contribution in [0.5, 0.6) is 11.5 Å². The molecule has 4 heteroatoms. The molecule has 5 aromatic rings. The molecule has 0 saturated carbocycles. The maximum Gasteiger partial charge on any atom is 0.246 e. The van der Waals surface area contributed by atoms with Gasteiger partial charge < -0.3 is 19.7 Å². The Labute approximate surface area is 221 Å². The van der Waals surface area contributed by atoms with Crippen molar-refractivity contribution in [2.45, 2.75) is 23.4 Å². The van der Waals surface area contributed by atoms with Crippen molar-refractivity contribution in [2.75, 3.05) is 0 Å². The molecule has 5 aromatic carbocycles. The summed E-state index contributed by atoms with van der Waals surface area (Å²) in [5.74, 6) is -3.08. The van der Waals surface area contributed by atoms with Gasteiger partial charge in [-0.3, -0.25) is 0 Å². The summed E-state index contributed by atoms with van der Waals surface area (Å²) in [6.45, 7) is 0. The molecule has 38 heavy (non-hydrogen) atoms. The Morgan fingerprint density at radius 1 is 0.447 bits per heavy atom. The smallest absolute Gasteiger partial charge is 0.246 e. The second-order valence-corrected chi connectivity index (χ2v) is 9.94. The molecule has 0 aliphatic carbocycles.